The third-order valence-corrected chi connectivity index (χ3v) is 4.24. The first kappa shape index (κ1) is 11.5. The summed E-state index contributed by atoms with van der Waals surface area (Å²) < 4.78 is 1.20. The summed E-state index contributed by atoms with van der Waals surface area (Å²) in [6.45, 7) is 4.11. The van der Waals surface area contributed by atoms with Gasteiger partial charge in [-0.1, -0.05) is 24.3 Å². The third-order valence-electron chi connectivity index (χ3n) is 3.16. The van der Waals surface area contributed by atoms with Gasteiger partial charge in [-0.25, -0.2) is 4.98 Å². The quantitative estimate of drug-likeness (QED) is 0.896. The van der Waals surface area contributed by atoms with Crippen molar-refractivity contribution < 1.29 is 4.79 Å². The van der Waals surface area contributed by atoms with E-state index in [1.807, 2.05) is 0 Å². The van der Waals surface area contributed by atoms with Gasteiger partial charge in [0.1, 0.15) is 0 Å². The van der Waals surface area contributed by atoms with Gasteiger partial charge in [-0.05, 0) is 24.1 Å². The topological polar surface area (TPSA) is 45.2 Å². The maximum Gasteiger partial charge on any atom is 0.239 e. The van der Waals surface area contributed by atoms with E-state index in [4.69, 9.17) is 0 Å². The molecule has 1 fully saturated rings. The molecular formula is C13H15N3OS. The highest BCUT2D eigenvalue weighted by Crippen LogP contribution is 2.29. The molecule has 0 aliphatic carbocycles. The van der Waals surface area contributed by atoms with Gasteiger partial charge in [-0.3, -0.25) is 4.79 Å². The van der Waals surface area contributed by atoms with Gasteiger partial charge >= 0.3 is 0 Å². The molecule has 0 bridgehead atoms. The summed E-state index contributed by atoms with van der Waals surface area (Å²) in [6.07, 6.45) is 1.04. The molecule has 94 valence electrons. The molecule has 18 heavy (non-hydrogen) atoms. The lowest BCUT2D eigenvalue weighted by Gasteiger charge is -2.25. The Morgan fingerprint density at radius 2 is 2.39 bits per heavy atom. The second-order valence-electron chi connectivity index (χ2n) is 4.42. The van der Waals surface area contributed by atoms with Crippen molar-refractivity contribution in [3.63, 3.8) is 0 Å². The number of piperazine rings is 1. The number of nitrogens with one attached hydrogen (secondary N) is 1. The molecule has 0 spiro atoms. The molecule has 0 unspecified atom stereocenters. The van der Waals surface area contributed by atoms with E-state index in [0.717, 1.165) is 23.6 Å². The zero-order chi connectivity index (χ0) is 12.5. The van der Waals surface area contributed by atoms with E-state index in [-0.39, 0.29) is 5.91 Å². The molecule has 1 amide bonds. The molecule has 2 aromatic rings. The Morgan fingerprint density at radius 3 is 3.17 bits per heavy atom. The van der Waals surface area contributed by atoms with Crippen LogP contribution in [0.5, 0.6) is 0 Å². The van der Waals surface area contributed by atoms with Crippen molar-refractivity contribution in [2.24, 2.45) is 0 Å². The normalized spacial score (nSPS) is 16.1. The van der Waals surface area contributed by atoms with Crippen molar-refractivity contribution in [1.82, 2.24) is 10.3 Å². The minimum atomic E-state index is 0.0785. The summed E-state index contributed by atoms with van der Waals surface area (Å²) in [5, 5.41) is 3.78. The van der Waals surface area contributed by atoms with Crippen LogP contribution in [0.2, 0.25) is 0 Å². The average Bonchev–Trinajstić information content (AvgIpc) is 2.81. The number of rotatable bonds is 2. The molecule has 0 saturated carbocycles. The van der Waals surface area contributed by atoms with Crippen molar-refractivity contribution in [3.8, 4) is 0 Å². The van der Waals surface area contributed by atoms with Crippen molar-refractivity contribution in [3.05, 3.63) is 23.8 Å². The minimum Gasteiger partial charge on any atom is -0.353 e. The van der Waals surface area contributed by atoms with E-state index >= 15 is 0 Å². The molecule has 3 rings (SSSR count). The van der Waals surface area contributed by atoms with Crippen LogP contribution in [0.3, 0.4) is 0 Å². The minimum absolute atomic E-state index is 0.0785. The van der Waals surface area contributed by atoms with Crippen molar-refractivity contribution in [1.29, 1.82) is 0 Å². The molecule has 2 heterocycles. The van der Waals surface area contributed by atoms with E-state index in [1.165, 1.54) is 10.3 Å². The lowest BCUT2D eigenvalue weighted by Crippen LogP contribution is -2.47. The maximum atomic E-state index is 11.4. The fourth-order valence-electron chi connectivity index (χ4n) is 2.11. The van der Waals surface area contributed by atoms with Crippen LogP contribution in [-0.2, 0) is 11.2 Å². The summed E-state index contributed by atoms with van der Waals surface area (Å²) in [7, 11) is 0. The first-order valence-electron chi connectivity index (χ1n) is 6.17. The van der Waals surface area contributed by atoms with Gasteiger partial charge in [0.15, 0.2) is 5.13 Å². The molecule has 5 heteroatoms. The first-order valence-corrected chi connectivity index (χ1v) is 6.99. The van der Waals surface area contributed by atoms with E-state index in [9.17, 15) is 4.79 Å². The SMILES string of the molecule is CCc1ccc2nc(N3CCNC(=O)C3)sc2c1. The molecule has 4 nitrogen and oxygen atoms in total. The van der Waals surface area contributed by atoms with Crippen LogP contribution < -0.4 is 10.2 Å². The second-order valence-corrected chi connectivity index (χ2v) is 5.43. The largest absolute Gasteiger partial charge is 0.353 e. The highest BCUT2D eigenvalue weighted by Gasteiger charge is 2.19. The lowest BCUT2D eigenvalue weighted by atomic mass is 10.2. The number of benzene rings is 1. The number of thiazole rings is 1. The smallest absolute Gasteiger partial charge is 0.239 e. The summed E-state index contributed by atoms with van der Waals surface area (Å²) in [5.41, 5.74) is 2.35. The number of carbonyl (C=O) groups excluding carboxylic acids is 1. The molecule has 1 aromatic carbocycles. The molecule has 1 aliphatic heterocycles. The number of hydrogen-bond donors (Lipinski definition) is 1. The second kappa shape index (κ2) is 4.57. The summed E-state index contributed by atoms with van der Waals surface area (Å²) >= 11 is 1.67. The molecule has 1 aromatic heterocycles. The number of aromatic nitrogens is 1. The Kier molecular flexibility index (Phi) is 2.91. The number of carbonyl (C=O) groups is 1. The van der Waals surface area contributed by atoms with Gasteiger partial charge < -0.3 is 10.2 Å². The Morgan fingerprint density at radius 1 is 1.50 bits per heavy atom. The molecular weight excluding hydrogens is 246 g/mol. The van der Waals surface area contributed by atoms with Gasteiger partial charge in [-0.2, -0.15) is 0 Å². The van der Waals surface area contributed by atoms with Gasteiger partial charge in [0, 0.05) is 13.1 Å². The van der Waals surface area contributed by atoms with Crippen molar-refractivity contribution in [2.45, 2.75) is 13.3 Å². The lowest BCUT2D eigenvalue weighted by molar-refractivity contribution is -0.120. The predicted octanol–water partition coefficient (Wildman–Crippen LogP) is 1.79. The molecule has 1 saturated heterocycles. The molecule has 0 radical (unpaired) electrons. The predicted molar refractivity (Wildman–Crippen MR) is 74.2 cm³/mol. The Labute approximate surface area is 110 Å². The molecule has 1 aliphatic rings. The average molecular weight is 261 g/mol. The van der Waals surface area contributed by atoms with E-state index in [0.29, 0.717) is 13.1 Å². The zero-order valence-electron chi connectivity index (χ0n) is 10.3. The van der Waals surface area contributed by atoms with E-state index < -0.39 is 0 Å². The maximum absolute atomic E-state index is 11.4. The van der Waals surface area contributed by atoms with Gasteiger partial charge in [-0.15, -0.1) is 0 Å². The van der Waals surface area contributed by atoms with Crippen LogP contribution in [0.4, 0.5) is 5.13 Å². The monoisotopic (exact) mass is 261 g/mol. The highest BCUT2D eigenvalue weighted by atomic mass is 32.1. The standard InChI is InChI=1S/C13H15N3OS/c1-2-9-3-4-10-11(7-9)18-13(15-10)16-6-5-14-12(17)8-16/h3-4,7H,2,5-6,8H2,1H3,(H,14,17). The van der Waals surface area contributed by atoms with Crippen LogP contribution in [-0.4, -0.2) is 30.5 Å². The third kappa shape index (κ3) is 2.06. The van der Waals surface area contributed by atoms with Crippen molar-refractivity contribution in [2.75, 3.05) is 24.5 Å². The Bertz CT molecular complexity index is 593. The van der Waals surface area contributed by atoms with Crippen LogP contribution in [0.1, 0.15) is 12.5 Å². The Balaban J connectivity index is 1.94. The van der Waals surface area contributed by atoms with E-state index in [2.05, 4.69) is 40.3 Å². The van der Waals surface area contributed by atoms with Crippen molar-refractivity contribution >= 4 is 32.6 Å². The number of aryl methyl sites for hydroxylation is 1. The first-order chi connectivity index (χ1) is 8.76. The molecule has 0 atom stereocenters. The van der Waals surface area contributed by atoms with Gasteiger partial charge in [0.2, 0.25) is 5.91 Å². The van der Waals surface area contributed by atoms with Gasteiger partial charge in [0.25, 0.3) is 0 Å². The van der Waals surface area contributed by atoms with E-state index in [1.54, 1.807) is 11.3 Å². The van der Waals surface area contributed by atoms with Crippen LogP contribution in [0.15, 0.2) is 18.2 Å². The van der Waals surface area contributed by atoms with Crippen LogP contribution in [0, 0.1) is 0 Å². The van der Waals surface area contributed by atoms with Crippen LogP contribution in [0.25, 0.3) is 10.2 Å². The summed E-state index contributed by atoms with van der Waals surface area (Å²) in [6, 6.07) is 6.38. The fraction of sp³-hybridized carbons (Fsp3) is 0.385. The zero-order valence-corrected chi connectivity index (χ0v) is 11.1. The number of amides is 1. The summed E-state index contributed by atoms with van der Waals surface area (Å²) in [5.74, 6) is 0.0785. The number of nitrogens with zero attached hydrogens (tertiary/aromatic N) is 2. The number of anilines is 1. The highest BCUT2D eigenvalue weighted by molar-refractivity contribution is 7.22. The number of hydrogen-bond acceptors (Lipinski definition) is 4. The number of fused-ring (bicyclic) bond motifs is 1. The Hall–Kier alpha value is -1.62. The summed E-state index contributed by atoms with van der Waals surface area (Å²) in [4.78, 5) is 18.0. The molecule has 1 N–H and O–H groups in total. The fourth-order valence-corrected chi connectivity index (χ4v) is 3.17. The van der Waals surface area contributed by atoms with Gasteiger partial charge in [0.05, 0.1) is 16.8 Å². The van der Waals surface area contributed by atoms with Crippen LogP contribution >= 0.6 is 11.3 Å².